The van der Waals surface area contributed by atoms with Gasteiger partial charge in [-0.25, -0.2) is 9.97 Å². The lowest BCUT2D eigenvalue weighted by Gasteiger charge is -2.11. The van der Waals surface area contributed by atoms with Gasteiger partial charge in [-0.1, -0.05) is 18.5 Å². The molecule has 2 amide bonds. The minimum Gasteiger partial charge on any atom is -0.467 e. The van der Waals surface area contributed by atoms with Gasteiger partial charge in [0.05, 0.1) is 5.56 Å². The van der Waals surface area contributed by atoms with Crippen LogP contribution in [0.4, 0.5) is 19.0 Å². The number of hydrogen-bond acceptors (Lipinski definition) is 5. The smallest absolute Gasteiger partial charge is 0.422 e. The van der Waals surface area contributed by atoms with Crippen LogP contribution in [0.2, 0.25) is 5.02 Å². The van der Waals surface area contributed by atoms with Crippen molar-refractivity contribution in [3.63, 3.8) is 0 Å². The Morgan fingerprint density at radius 3 is 2.64 bits per heavy atom. The lowest BCUT2D eigenvalue weighted by atomic mass is 10.2. The maximum Gasteiger partial charge on any atom is 0.422 e. The average Bonchev–Trinajstić information content (AvgIpc) is 2.64. The highest BCUT2D eigenvalue weighted by molar-refractivity contribution is 6.32. The lowest BCUT2D eigenvalue weighted by molar-refractivity contribution is -0.154. The summed E-state index contributed by atoms with van der Waals surface area (Å²) in [6.07, 6.45) is -1.68. The number of hydrogen-bond donors (Lipinski definition) is 2. The van der Waals surface area contributed by atoms with Gasteiger partial charge in [0.1, 0.15) is 10.8 Å². The van der Waals surface area contributed by atoms with Crippen LogP contribution in [0.15, 0.2) is 30.6 Å². The third-order valence-corrected chi connectivity index (χ3v) is 3.58. The van der Waals surface area contributed by atoms with Gasteiger partial charge in [0.2, 0.25) is 11.8 Å². The number of anilines is 1. The van der Waals surface area contributed by atoms with Gasteiger partial charge in [-0.05, 0) is 23.8 Å². The molecule has 2 heterocycles. The molecule has 2 aromatic heterocycles. The number of halogens is 4. The minimum absolute atomic E-state index is 0.0536. The SMILES string of the molecule is CCC(=O)Nc1cc(CNC(=O)c2cnc(OCC(F)(F)F)c(Cl)c2)ccn1. The van der Waals surface area contributed by atoms with Crippen molar-refractivity contribution in [2.24, 2.45) is 0 Å². The number of nitrogens with zero attached hydrogens (tertiary/aromatic N) is 2. The van der Waals surface area contributed by atoms with Crippen LogP contribution in [0.1, 0.15) is 29.3 Å². The number of carbonyl (C=O) groups excluding carboxylic acids is 2. The Morgan fingerprint density at radius 1 is 1.25 bits per heavy atom. The highest BCUT2D eigenvalue weighted by atomic mass is 35.5. The Kier molecular flexibility index (Phi) is 7.16. The monoisotopic (exact) mass is 416 g/mol. The van der Waals surface area contributed by atoms with Gasteiger partial charge < -0.3 is 15.4 Å². The summed E-state index contributed by atoms with van der Waals surface area (Å²) in [6.45, 7) is 0.294. The predicted molar refractivity (Wildman–Crippen MR) is 95.1 cm³/mol. The van der Waals surface area contributed by atoms with Crippen molar-refractivity contribution in [2.45, 2.75) is 26.1 Å². The number of rotatable bonds is 7. The third kappa shape index (κ3) is 6.69. The van der Waals surface area contributed by atoms with E-state index in [1.807, 2.05) is 0 Å². The Bertz CT molecular complexity index is 862. The summed E-state index contributed by atoms with van der Waals surface area (Å²) in [5.74, 6) is -0.787. The molecular formula is C17H16ClF3N4O3. The molecule has 0 atom stereocenters. The van der Waals surface area contributed by atoms with Crippen LogP contribution in [-0.4, -0.2) is 34.6 Å². The molecule has 2 aromatic rings. The zero-order valence-electron chi connectivity index (χ0n) is 14.6. The molecule has 0 fully saturated rings. The first-order valence-corrected chi connectivity index (χ1v) is 8.44. The Hall–Kier alpha value is -2.88. The highest BCUT2D eigenvalue weighted by Gasteiger charge is 2.29. The predicted octanol–water partition coefficient (Wildman–Crippen LogP) is 3.35. The summed E-state index contributed by atoms with van der Waals surface area (Å²) in [5, 5.41) is 5.00. The summed E-state index contributed by atoms with van der Waals surface area (Å²) in [5.41, 5.74) is 0.733. The average molecular weight is 417 g/mol. The van der Waals surface area contributed by atoms with E-state index in [0.717, 1.165) is 12.3 Å². The molecule has 0 spiro atoms. The zero-order valence-corrected chi connectivity index (χ0v) is 15.4. The molecule has 0 saturated heterocycles. The van der Waals surface area contributed by atoms with Gasteiger partial charge in [-0.15, -0.1) is 0 Å². The fraction of sp³-hybridized carbons (Fsp3) is 0.294. The molecule has 0 aromatic carbocycles. The van der Waals surface area contributed by atoms with Crippen molar-refractivity contribution >= 4 is 29.2 Å². The molecule has 0 saturated carbocycles. The zero-order chi connectivity index (χ0) is 20.7. The standard InChI is InChI=1S/C17H16ClF3N4O3/c1-2-14(26)25-13-5-10(3-4-22-13)7-23-15(27)11-6-12(18)16(24-8-11)28-9-17(19,20)21/h3-6,8H,2,7,9H2,1H3,(H,23,27)(H,22,25,26). The number of aromatic nitrogens is 2. The molecule has 28 heavy (non-hydrogen) atoms. The normalized spacial score (nSPS) is 11.0. The van der Waals surface area contributed by atoms with Gasteiger partial charge in [-0.3, -0.25) is 9.59 Å². The second-order valence-electron chi connectivity index (χ2n) is 5.55. The first-order chi connectivity index (χ1) is 13.2. The molecule has 0 aliphatic carbocycles. The van der Waals surface area contributed by atoms with Crippen LogP contribution >= 0.6 is 11.6 Å². The molecule has 0 aliphatic heterocycles. The van der Waals surface area contributed by atoms with Gasteiger partial charge in [-0.2, -0.15) is 13.2 Å². The van der Waals surface area contributed by atoms with E-state index in [9.17, 15) is 22.8 Å². The van der Waals surface area contributed by atoms with Gasteiger partial charge in [0.15, 0.2) is 6.61 Å². The van der Waals surface area contributed by atoms with E-state index in [-0.39, 0.29) is 23.0 Å². The van der Waals surface area contributed by atoms with E-state index >= 15 is 0 Å². The third-order valence-electron chi connectivity index (χ3n) is 3.31. The minimum atomic E-state index is -4.53. The van der Waals surface area contributed by atoms with Gasteiger partial charge >= 0.3 is 6.18 Å². The Labute approximate surface area is 163 Å². The van der Waals surface area contributed by atoms with Crippen LogP contribution in [0.3, 0.4) is 0 Å². The van der Waals surface area contributed by atoms with Crippen molar-refractivity contribution in [1.29, 1.82) is 0 Å². The van der Waals surface area contributed by atoms with Crippen LogP contribution in [0, 0.1) is 0 Å². The summed E-state index contributed by atoms with van der Waals surface area (Å²) in [4.78, 5) is 31.2. The molecule has 11 heteroatoms. The van der Waals surface area contributed by atoms with E-state index in [1.165, 1.54) is 6.20 Å². The quantitative estimate of drug-likeness (QED) is 0.722. The van der Waals surface area contributed by atoms with Crippen LogP contribution in [-0.2, 0) is 11.3 Å². The van der Waals surface area contributed by atoms with Crippen LogP contribution in [0.5, 0.6) is 5.88 Å². The Morgan fingerprint density at radius 2 is 2.00 bits per heavy atom. The van der Waals surface area contributed by atoms with Crippen molar-refractivity contribution < 1.29 is 27.5 Å². The molecule has 0 radical (unpaired) electrons. The second-order valence-corrected chi connectivity index (χ2v) is 5.96. The molecular weight excluding hydrogens is 401 g/mol. The van der Waals surface area contributed by atoms with E-state index < -0.39 is 24.6 Å². The van der Waals surface area contributed by atoms with Crippen molar-refractivity contribution in [2.75, 3.05) is 11.9 Å². The Balaban J connectivity index is 1.97. The number of nitrogens with one attached hydrogen (secondary N) is 2. The molecule has 0 aliphatic rings. The summed E-state index contributed by atoms with van der Waals surface area (Å²) in [6, 6.07) is 4.42. The fourth-order valence-corrected chi connectivity index (χ4v) is 2.20. The molecule has 0 bridgehead atoms. The number of alkyl halides is 3. The molecule has 2 rings (SSSR count). The van der Waals surface area contributed by atoms with E-state index in [0.29, 0.717) is 17.8 Å². The second kappa shape index (κ2) is 9.36. The molecule has 150 valence electrons. The van der Waals surface area contributed by atoms with E-state index in [1.54, 1.807) is 19.1 Å². The van der Waals surface area contributed by atoms with Crippen LogP contribution < -0.4 is 15.4 Å². The molecule has 7 nitrogen and oxygen atoms in total. The number of ether oxygens (including phenoxy) is 1. The molecule has 2 N–H and O–H groups in total. The van der Waals surface area contributed by atoms with Crippen molar-refractivity contribution in [3.05, 3.63) is 46.7 Å². The van der Waals surface area contributed by atoms with Gasteiger partial charge in [0.25, 0.3) is 5.91 Å². The van der Waals surface area contributed by atoms with Crippen LogP contribution in [0.25, 0.3) is 0 Å². The first kappa shape index (κ1) is 21.4. The van der Waals surface area contributed by atoms with Gasteiger partial charge in [0, 0.05) is 25.4 Å². The lowest BCUT2D eigenvalue weighted by Crippen LogP contribution is -2.23. The largest absolute Gasteiger partial charge is 0.467 e. The maximum atomic E-state index is 12.2. The number of carbonyl (C=O) groups is 2. The first-order valence-electron chi connectivity index (χ1n) is 8.06. The number of amides is 2. The van der Waals surface area contributed by atoms with Crippen molar-refractivity contribution in [1.82, 2.24) is 15.3 Å². The summed E-state index contributed by atoms with van der Waals surface area (Å²) in [7, 11) is 0. The topological polar surface area (TPSA) is 93.2 Å². The van der Waals surface area contributed by atoms with E-state index in [2.05, 4.69) is 25.3 Å². The summed E-state index contributed by atoms with van der Waals surface area (Å²) >= 11 is 5.82. The number of pyridine rings is 2. The highest BCUT2D eigenvalue weighted by Crippen LogP contribution is 2.25. The fourth-order valence-electron chi connectivity index (χ4n) is 1.97. The maximum absolute atomic E-state index is 12.2. The van der Waals surface area contributed by atoms with E-state index in [4.69, 9.17) is 11.6 Å². The van der Waals surface area contributed by atoms with Crippen molar-refractivity contribution in [3.8, 4) is 5.88 Å². The summed E-state index contributed by atoms with van der Waals surface area (Å²) < 4.78 is 41.0. The molecule has 0 unspecified atom stereocenters.